The van der Waals surface area contributed by atoms with Crippen molar-refractivity contribution in [2.45, 2.75) is 64.4 Å². The summed E-state index contributed by atoms with van der Waals surface area (Å²) in [4.78, 5) is 50.9. The number of alkyl halides is 1. The summed E-state index contributed by atoms with van der Waals surface area (Å²) in [5, 5.41) is 0. The monoisotopic (exact) mass is 480 g/mol. The fraction of sp³-hybridized carbons (Fsp3) is 0.500. The number of halogens is 1. The first-order valence-electron chi connectivity index (χ1n) is 12.0. The molecule has 34 heavy (non-hydrogen) atoms. The number of Topliss-reactive ketones (excluding diaryl/α,β-unsaturated/α-hetero) is 2. The summed E-state index contributed by atoms with van der Waals surface area (Å²) in [5.74, 6) is -1.61. The van der Waals surface area contributed by atoms with Crippen LogP contribution in [0.5, 0.6) is 0 Å². The Kier molecular flexibility index (Phi) is 5.47. The van der Waals surface area contributed by atoms with Gasteiger partial charge in [-0.2, -0.15) is 0 Å². The van der Waals surface area contributed by atoms with Gasteiger partial charge in [-0.15, -0.1) is 11.6 Å². The first-order chi connectivity index (χ1) is 16.2. The van der Waals surface area contributed by atoms with Gasteiger partial charge in [-0.1, -0.05) is 48.8 Å². The van der Waals surface area contributed by atoms with Crippen LogP contribution in [0.1, 0.15) is 69.2 Å². The number of ether oxygens (including phenoxy) is 1. The van der Waals surface area contributed by atoms with Gasteiger partial charge in [0.05, 0.1) is 11.4 Å². The molecule has 4 aliphatic carbocycles. The van der Waals surface area contributed by atoms with E-state index in [1.54, 1.807) is 30.3 Å². The summed E-state index contributed by atoms with van der Waals surface area (Å²) < 4.78 is 6.15. The third-order valence-electron chi connectivity index (χ3n) is 9.16. The average molecular weight is 481 g/mol. The number of hydrogen-bond donors (Lipinski definition) is 0. The van der Waals surface area contributed by atoms with Crippen LogP contribution in [0.15, 0.2) is 53.1 Å². The predicted molar refractivity (Wildman–Crippen MR) is 127 cm³/mol. The van der Waals surface area contributed by atoms with Gasteiger partial charge in [0.25, 0.3) is 0 Å². The number of rotatable bonds is 4. The highest BCUT2D eigenvalue weighted by molar-refractivity contribution is 6.42. The molecule has 0 spiro atoms. The van der Waals surface area contributed by atoms with E-state index >= 15 is 0 Å². The van der Waals surface area contributed by atoms with E-state index in [0.29, 0.717) is 24.8 Å². The van der Waals surface area contributed by atoms with Crippen LogP contribution < -0.4 is 0 Å². The van der Waals surface area contributed by atoms with Crippen LogP contribution >= 0.6 is 11.6 Å². The number of hydrogen-bond acceptors (Lipinski definition) is 5. The van der Waals surface area contributed by atoms with E-state index in [0.717, 1.165) is 24.8 Å². The quantitative estimate of drug-likeness (QED) is 0.257. The minimum Gasteiger partial charge on any atom is -0.447 e. The molecule has 1 saturated carbocycles. The molecule has 1 aromatic rings. The molecular weight excluding hydrogens is 452 g/mol. The average Bonchev–Trinajstić information content (AvgIpc) is 3.13. The Bertz CT molecular complexity index is 1160. The highest BCUT2D eigenvalue weighted by Gasteiger charge is 2.66. The number of carbonyl (C=O) groups is 4. The third kappa shape index (κ3) is 3.12. The van der Waals surface area contributed by atoms with Crippen molar-refractivity contribution in [3.63, 3.8) is 0 Å². The van der Waals surface area contributed by atoms with Crippen molar-refractivity contribution in [3.05, 3.63) is 58.7 Å². The Morgan fingerprint density at radius 1 is 1.06 bits per heavy atom. The lowest BCUT2D eigenvalue weighted by atomic mass is 9.52. The molecule has 4 atom stereocenters. The van der Waals surface area contributed by atoms with Crippen LogP contribution in [0.4, 0.5) is 0 Å². The molecule has 4 aliphatic rings. The van der Waals surface area contributed by atoms with Gasteiger partial charge < -0.3 is 4.74 Å². The van der Waals surface area contributed by atoms with Crippen molar-refractivity contribution in [3.8, 4) is 0 Å². The maximum absolute atomic E-state index is 13.4. The molecule has 0 unspecified atom stereocenters. The summed E-state index contributed by atoms with van der Waals surface area (Å²) in [6.07, 6.45) is 5.84. The smallest absolute Gasteiger partial charge is 0.339 e. The van der Waals surface area contributed by atoms with E-state index in [1.807, 2.05) is 6.07 Å². The van der Waals surface area contributed by atoms with E-state index in [9.17, 15) is 19.2 Å². The molecule has 0 bridgehead atoms. The molecule has 1 fully saturated rings. The highest BCUT2D eigenvalue weighted by Crippen LogP contribution is 2.66. The van der Waals surface area contributed by atoms with Gasteiger partial charge in [-0.25, -0.2) is 4.79 Å². The summed E-state index contributed by atoms with van der Waals surface area (Å²) in [6.45, 7) is 4.16. The minimum absolute atomic E-state index is 0.0677. The Hall–Kier alpha value is -2.53. The van der Waals surface area contributed by atoms with Crippen LogP contribution in [0.2, 0.25) is 0 Å². The van der Waals surface area contributed by atoms with Crippen molar-refractivity contribution in [2.24, 2.45) is 16.7 Å². The Labute approximate surface area is 204 Å². The van der Waals surface area contributed by atoms with Gasteiger partial charge in [0.2, 0.25) is 11.6 Å². The van der Waals surface area contributed by atoms with Gasteiger partial charge >= 0.3 is 5.97 Å². The molecule has 1 aromatic carbocycles. The van der Waals surface area contributed by atoms with Crippen molar-refractivity contribution in [1.29, 1.82) is 0 Å². The van der Waals surface area contributed by atoms with E-state index < -0.39 is 28.2 Å². The third-order valence-corrected chi connectivity index (χ3v) is 9.40. The molecule has 178 valence electrons. The normalized spacial score (nSPS) is 34.7. The predicted octanol–water partition coefficient (Wildman–Crippen LogP) is 5.17. The zero-order chi connectivity index (χ0) is 24.3. The van der Waals surface area contributed by atoms with Crippen LogP contribution in [0, 0.1) is 16.7 Å². The first kappa shape index (κ1) is 23.2. The lowest BCUT2D eigenvalue weighted by Gasteiger charge is -2.53. The molecule has 6 heteroatoms. The molecule has 0 amide bonds. The molecule has 5 rings (SSSR count). The van der Waals surface area contributed by atoms with Gasteiger partial charge in [0.1, 0.15) is 0 Å². The lowest BCUT2D eigenvalue weighted by molar-refractivity contribution is -0.150. The number of fused-ring (bicyclic) bond motifs is 4. The summed E-state index contributed by atoms with van der Waals surface area (Å²) in [7, 11) is 0. The second kappa shape index (κ2) is 8.01. The first-order valence-corrected chi connectivity index (χ1v) is 12.6. The Morgan fingerprint density at radius 2 is 1.79 bits per heavy atom. The number of esters is 1. The topological polar surface area (TPSA) is 77.5 Å². The van der Waals surface area contributed by atoms with Crippen LogP contribution in [-0.4, -0.2) is 34.8 Å². The molecule has 0 radical (unpaired) electrons. The summed E-state index contributed by atoms with van der Waals surface area (Å²) in [6, 6.07) is 8.75. The summed E-state index contributed by atoms with van der Waals surface area (Å²) >= 11 is 6.09. The molecule has 5 nitrogen and oxygen atoms in total. The van der Waals surface area contributed by atoms with Crippen LogP contribution in [0.3, 0.4) is 0 Å². The SMILES string of the molecule is C[C@]12CC(=O)C(=O)C=C1CCC1=C2CC[C@@]2(C)[C@H]1CC[C@]2(OC(=O)c1ccccc1)C(=O)CCl. The molecular formula is C28H29ClO5. The molecule has 0 N–H and O–H groups in total. The van der Waals surface area contributed by atoms with Crippen molar-refractivity contribution < 1.29 is 23.9 Å². The van der Waals surface area contributed by atoms with Crippen molar-refractivity contribution in [1.82, 2.24) is 0 Å². The molecule has 0 aliphatic heterocycles. The van der Waals surface area contributed by atoms with Gasteiger partial charge in [-0.3, -0.25) is 14.4 Å². The number of carbonyl (C=O) groups excluding carboxylic acids is 4. The second-order valence-corrected chi connectivity index (χ2v) is 10.9. The van der Waals surface area contributed by atoms with Gasteiger partial charge in [0, 0.05) is 17.3 Å². The zero-order valence-electron chi connectivity index (χ0n) is 19.6. The van der Waals surface area contributed by atoms with Crippen LogP contribution in [-0.2, 0) is 19.1 Å². The Balaban J connectivity index is 1.56. The number of ketones is 3. The van der Waals surface area contributed by atoms with Crippen molar-refractivity contribution in [2.75, 3.05) is 5.88 Å². The fourth-order valence-corrected chi connectivity index (χ4v) is 7.51. The number of allylic oxidation sites excluding steroid dienone is 4. The van der Waals surface area contributed by atoms with E-state index in [-0.39, 0.29) is 29.8 Å². The summed E-state index contributed by atoms with van der Waals surface area (Å²) in [5.41, 5.74) is 1.72. The molecule has 0 aromatic heterocycles. The Morgan fingerprint density at radius 3 is 2.50 bits per heavy atom. The highest BCUT2D eigenvalue weighted by atomic mass is 35.5. The number of benzene rings is 1. The second-order valence-electron chi connectivity index (χ2n) is 10.6. The zero-order valence-corrected chi connectivity index (χ0v) is 20.4. The maximum atomic E-state index is 13.4. The van der Waals surface area contributed by atoms with E-state index in [2.05, 4.69) is 13.8 Å². The minimum atomic E-state index is -1.28. The van der Waals surface area contributed by atoms with Crippen LogP contribution in [0.25, 0.3) is 0 Å². The fourth-order valence-electron chi connectivity index (χ4n) is 7.30. The van der Waals surface area contributed by atoms with Gasteiger partial charge in [-0.05, 0) is 62.7 Å². The lowest BCUT2D eigenvalue weighted by Crippen LogP contribution is -2.56. The van der Waals surface area contributed by atoms with Crippen molar-refractivity contribution >= 4 is 34.9 Å². The van der Waals surface area contributed by atoms with Gasteiger partial charge in [0.15, 0.2) is 11.4 Å². The largest absolute Gasteiger partial charge is 0.447 e. The van der Waals surface area contributed by atoms with E-state index in [1.165, 1.54) is 11.1 Å². The van der Waals surface area contributed by atoms with E-state index in [4.69, 9.17) is 16.3 Å². The standard InChI is InChI=1S/C28H29ClO5/c1-26-15-23(31)22(30)14-18(26)8-9-19-20(26)10-12-27(2)21(19)11-13-28(27,24(32)16-29)34-25(33)17-6-4-3-5-7-17/h3-7,14,21H,8-13,15-16H2,1-2H3/t21-,26-,27-,28-/m0/s1. The molecule has 0 heterocycles. The molecule has 0 saturated heterocycles. The maximum Gasteiger partial charge on any atom is 0.339 e.